The van der Waals surface area contributed by atoms with Gasteiger partial charge in [0.15, 0.2) is 5.17 Å². The molecule has 3 rings (SSSR count). The van der Waals surface area contributed by atoms with Gasteiger partial charge in [0.2, 0.25) is 5.91 Å². The number of benzene rings is 2. The molecule has 0 aromatic heterocycles. The van der Waals surface area contributed by atoms with Gasteiger partial charge in [0.1, 0.15) is 0 Å². The second-order valence-corrected chi connectivity index (χ2v) is 6.79. The van der Waals surface area contributed by atoms with Crippen LogP contribution in [0.5, 0.6) is 0 Å². The number of sulfonamides is 1. The molecule has 0 unspecified atom stereocenters. The molecule has 7 heteroatoms. The standard InChI is InChI=1S/C13H10N2O3S2/c16-12-8-19-13(14-12)15-20(17,18)11-6-5-9-3-1-2-4-10(9)7-11/h1-7H,8H2,(H,14,15,16). The lowest BCUT2D eigenvalue weighted by Gasteiger charge is -2.02. The zero-order valence-electron chi connectivity index (χ0n) is 10.2. The van der Waals surface area contributed by atoms with Gasteiger partial charge in [-0.3, -0.25) is 4.79 Å². The van der Waals surface area contributed by atoms with Gasteiger partial charge in [-0.25, -0.2) is 0 Å². The predicted molar refractivity (Wildman–Crippen MR) is 79.2 cm³/mol. The van der Waals surface area contributed by atoms with E-state index in [1.54, 1.807) is 12.1 Å². The Hall–Kier alpha value is -1.86. The lowest BCUT2D eigenvalue weighted by Crippen LogP contribution is -2.21. The fourth-order valence-electron chi connectivity index (χ4n) is 1.86. The molecule has 20 heavy (non-hydrogen) atoms. The first-order chi connectivity index (χ1) is 9.54. The van der Waals surface area contributed by atoms with E-state index >= 15 is 0 Å². The van der Waals surface area contributed by atoms with E-state index in [9.17, 15) is 13.2 Å². The number of hydrogen-bond donors (Lipinski definition) is 1. The highest BCUT2D eigenvalue weighted by Gasteiger charge is 2.21. The van der Waals surface area contributed by atoms with Crippen LogP contribution in [-0.4, -0.2) is 25.2 Å². The van der Waals surface area contributed by atoms with Crippen LogP contribution in [0.15, 0.2) is 51.8 Å². The summed E-state index contributed by atoms with van der Waals surface area (Å²) in [7, 11) is -3.81. The van der Waals surface area contributed by atoms with Crippen LogP contribution >= 0.6 is 11.8 Å². The highest BCUT2D eigenvalue weighted by atomic mass is 32.2. The molecular formula is C13H10N2O3S2. The highest BCUT2D eigenvalue weighted by Crippen LogP contribution is 2.21. The van der Waals surface area contributed by atoms with E-state index in [2.05, 4.69) is 9.71 Å². The van der Waals surface area contributed by atoms with Crippen molar-refractivity contribution in [2.75, 3.05) is 5.75 Å². The van der Waals surface area contributed by atoms with Gasteiger partial charge in [0.25, 0.3) is 10.0 Å². The number of fused-ring (bicyclic) bond motifs is 1. The number of amidine groups is 1. The van der Waals surface area contributed by atoms with Gasteiger partial charge in [-0.1, -0.05) is 42.1 Å². The second-order valence-electron chi connectivity index (χ2n) is 4.22. The summed E-state index contributed by atoms with van der Waals surface area (Å²) < 4.78 is 28.0. The number of nitrogens with one attached hydrogen (secondary N) is 1. The number of nitrogens with zero attached hydrogens (tertiary/aromatic N) is 1. The first kappa shape index (κ1) is 13.1. The van der Waals surface area contributed by atoms with E-state index in [1.807, 2.05) is 24.3 Å². The van der Waals surface area contributed by atoms with Crippen LogP contribution < -0.4 is 5.32 Å². The molecule has 1 saturated heterocycles. The van der Waals surface area contributed by atoms with E-state index in [0.29, 0.717) is 0 Å². The van der Waals surface area contributed by atoms with Gasteiger partial charge in [0, 0.05) is 0 Å². The number of amides is 1. The van der Waals surface area contributed by atoms with E-state index in [4.69, 9.17) is 0 Å². The van der Waals surface area contributed by atoms with Gasteiger partial charge < -0.3 is 5.32 Å². The molecule has 1 heterocycles. The van der Waals surface area contributed by atoms with Crippen LogP contribution in [0.4, 0.5) is 0 Å². The molecule has 0 atom stereocenters. The number of rotatable bonds is 2. The minimum atomic E-state index is -3.81. The Balaban J connectivity index is 2.03. The molecule has 1 aliphatic rings. The Labute approximate surface area is 120 Å². The Morgan fingerprint density at radius 2 is 1.85 bits per heavy atom. The monoisotopic (exact) mass is 306 g/mol. The minimum absolute atomic E-state index is 0.116. The Morgan fingerprint density at radius 1 is 1.10 bits per heavy atom. The Bertz CT molecular complexity index is 828. The fraction of sp³-hybridized carbons (Fsp3) is 0.0769. The van der Waals surface area contributed by atoms with E-state index < -0.39 is 10.0 Å². The van der Waals surface area contributed by atoms with Crippen molar-refractivity contribution in [3.63, 3.8) is 0 Å². The van der Waals surface area contributed by atoms with Crippen LogP contribution in [0, 0.1) is 0 Å². The molecule has 0 saturated carbocycles. The molecule has 0 bridgehead atoms. The van der Waals surface area contributed by atoms with Crippen LogP contribution in [0.2, 0.25) is 0 Å². The molecule has 5 nitrogen and oxygen atoms in total. The average molecular weight is 306 g/mol. The Morgan fingerprint density at radius 3 is 2.55 bits per heavy atom. The molecule has 2 aromatic rings. The highest BCUT2D eigenvalue weighted by molar-refractivity contribution is 8.15. The summed E-state index contributed by atoms with van der Waals surface area (Å²) in [6, 6.07) is 12.3. The zero-order chi connectivity index (χ0) is 14.2. The van der Waals surface area contributed by atoms with Crippen molar-refractivity contribution in [1.29, 1.82) is 0 Å². The van der Waals surface area contributed by atoms with Crippen molar-refractivity contribution in [1.82, 2.24) is 5.32 Å². The summed E-state index contributed by atoms with van der Waals surface area (Å²) in [5.41, 5.74) is 0. The maximum atomic E-state index is 12.2. The van der Waals surface area contributed by atoms with Crippen LogP contribution in [0.3, 0.4) is 0 Å². The van der Waals surface area contributed by atoms with Crippen LogP contribution in [0.25, 0.3) is 10.8 Å². The molecule has 1 aliphatic heterocycles. The summed E-state index contributed by atoms with van der Waals surface area (Å²) >= 11 is 1.09. The van der Waals surface area contributed by atoms with Crippen molar-refractivity contribution in [3.05, 3.63) is 42.5 Å². The first-order valence-electron chi connectivity index (χ1n) is 5.81. The SMILES string of the molecule is O=C1CS/C(=N/S(=O)(=O)c2ccc3ccccc3c2)N1. The Kier molecular flexibility index (Phi) is 3.23. The third-order valence-corrected chi connectivity index (χ3v) is 5.07. The third kappa shape index (κ3) is 2.54. The molecule has 1 N–H and O–H groups in total. The molecule has 0 aliphatic carbocycles. The summed E-state index contributed by atoms with van der Waals surface area (Å²) in [4.78, 5) is 11.2. The van der Waals surface area contributed by atoms with Crippen molar-refractivity contribution < 1.29 is 13.2 Å². The smallest absolute Gasteiger partial charge is 0.284 e. The van der Waals surface area contributed by atoms with E-state index in [0.717, 1.165) is 22.5 Å². The third-order valence-electron chi connectivity index (χ3n) is 2.81. The second kappa shape index (κ2) is 4.92. The largest absolute Gasteiger partial charge is 0.304 e. The molecule has 2 aromatic carbocycles. The first-order valence-corrected chi connectivity index (χ1v) is 8.24. The van der Waals surface area contributed by atoms with Gasteiger partial charge >= 0.3 is 0 Å². The van der Waals surface area contributed by atoms with Crippen molar-refractivity contribution in [2.45, 2.75) is 4.90 Å². The predicted octanol–water partition coefficient (Wildman–Crippen LogP) is 1.75. The molecule has 0 radical (unpaired) electrons. The van der Waals surface area contributed by atoms with Gasteiger partial charge in [-0.05, 0) is 22.9 Å². The van der Waals surface area contributed by atoms with Crippen LogP contribution in [-0.2, 0) is 14.8 Å². The number of carbonyl (C=O) groups excluding carboxylic acids is 1. The lowest BCUT2D eigenvalue weighted by atomic mass is 10.1. The molecule has 1 fully saturated rings. The van der Waals surface area contributed by atoms with Gasteiger partial charge in [0.05, 0.1) is 10.6 Å². The van der Waals surface area contributed by atoms with Crippen molar-refractivity contribution >= 4 is 43.6 Å². The maximum absolute atomic E-state index is 12.2. The summed E-state index contributed by atoms with van der Waals surface area (Å²) in [6.45, 7) is 0. The van der Waals surface area contributed by atoms with E-state index in [-0.39, 0.29) is 21.7 Å². The lowest BCUT2D eigenvalue weighted by molar-refractivity contribution is -0.116. The average Bonchev–Trinajstić information content (AvgIpc) is 2.83. The fourth-order valence-corrected chi connectivity index (χ4v) is 3.78. The summed E-state index contributed by atoms with van der Waals surface area (Å²) in [5.74, 6) is -0.0334. The summed E-state index contributed by atoms with van der Waals surface area (Å²) in [6.07, 6.45) is 0. The molecule has 1 amide bonds. The van der Waals surface area contributed by atoms with Crippen molar-refractivity contribution in [2.24, 2.45) is 4.40 Å². The quantitative estimate of drug-likeness (QED) is 0.917. The van der Waals surface area contributed by atoms with E-state index in [1.165, 1.54) is 6.07 Å². The van der Waals surface area contributed by atoms with Crippen LogP contribution in [0.1, 0.15) is 0 Å². The molecule has 0 spiro atoms. The maximum Gasteiger partial charge on any atom is 0.284 e. The normalized spacial score (nSPS) is 17.6. The number of thioether (sulfide) groups is 1. The van der Waals surface area contributed by atoms with Gasteiger partial charge in [-0.2, -0.15) is 8.42 Å². The van der Waals surface area contributed by atoms with Gasteiger partial charge in [-0.15, -0.1) is 4.40 Å². The van der Waals surface area contributed by atoms with Crippen molar-refractivity contribution in [3.8, 4) is 0 Å². The minimum Gasteiger partial charge on any atom is -0.304 e. The number of hydrogen-bond acceptors (Lipinski definition) is 4. The topological polar surface area (TPSA) is 75.6 Å². The molecular weight excluding hydrogens is 296 g/mol. The number of carbonyl (C=O) groups is 1. The molecule has 102 valence electrons. The zero-order valence-corrected chi connectivity index (χ0v) is 11.9. The summed E-state index contributed by atoms with van der Waals surface area (Å²) in [5, 5.41) is 4.33.